The lowest BCUT2D eigenvalue weighted by molar-refractivity contribution is -0.140. The van der Waals surface area contributed by atoms with Crippen molar-refractivity contribution in [2.45, 2.75) is 26.4 Å². The maximum Gasteiger partial charge on any atom is 0.295 e. The molecule has 0 unspecified atom stereocenters. The fourth-order valence-corrected chi connectivity index (χ4v) is 4.22. The number of para-hydroxylation sites is 1. The van der Waals surface area contributed by atoms with Crippen LogP contribution in [0.5, 0.6) is 11.5 Å². The van der Waals surface area contributed by atoms with Gasteiger partial charge in [0.05, 0.1) is 37.1 Å². The standard InChI is InChI=1S/C24H24N4O5/c1-13-18(14(2)27-26-13)21(29)19-20(16-8-5-9-17(32-3)23(16)33-4)28(24(31)22(19)30)12-15-7-6-10-25-11-15/h5-11,20,29H,12H2,1-4H3,(H,26,27)/t20-/m0/s1. The maximum atomic E-state index is 13.3. The third-order valence-electron chi connectivity index (χ3n) is 5.71. The first-order valence-corrected chi connectivity index (χ1v) is 10.3. The van der Waals surface area contributed by atoms with E-state index in [1.165, 1.54) is 19.1 Å². The smallest absolute Gasteiger partial charge is 0.295 e. The molecule has 1 aliphatic rings. The van der Waals surface area contributed by atoms with Gasteiger partial charge in [0, 0.05) is 30.2 Å². The van der Waals surface area contributed by atoms with Crippen LogP contribution in [0.2, 0.25) is 0 Å². The number of aromatic nitrogens is 3. The lowest BCUT2D eigenvalue weighted by Gasteiger charge is -2.27. The monoisotopic (exact) mass is 448 g/mol. The number of likely N-dealkylation sites (tertiary alicyclic amines) is 1. The van der Waals surface area contributed by atoms with E-state index in [1.54, 1.807) is 50.5 Å². The summed E-state index contributed by atoms with van der Waals surface area (Å²) in [5.74, 6) is -0.992. The fraction of sp³-hybridized carbons (Fsp3) is 0.250. The van der Waals surface area contributed by atoms with Crippen LogP contribution in [-0.4, -0.2) is 51.1 Å². The summed E-state index contributed by atoms with van der Waals surface area (Å²) in [4.78, 5) is 32.0. The number of Topliss-reactive ketones (excluding diaryl/α,β-unsaturated/α-hetero) is 1. The number of H-pyrrole nitrogens is 1. The predicted molar refractivity (Wildman–Crippen MR) is 120 cm³/mol. The quantitative estimate of drug-likeness (QED) is 0.338. The summed E-state index contributed by atoms with van der Waals surface area (Å²) in [6.07, 6.45) is 3.26. The largest absolute Gasteiger partial charge is 0.507 e. The summed E-state index contributed by atoms with van der Waals surface area (Å²) in [5.41, 5.74) is 2.70. The van der Waals surface area contributed by atoms with Gasteiger partial charge in [-0.15, -0.1) is 0 Å². The zero-order valence-corrected chi connectivity index (χ0v) is 18.7. The molecule has 0 aliphatic carbocycles. The Labute approximate surface area is 190 Å². The van der Waals surface area contributed by atoms with E-state index in [-0.39, 0.29) is 17.9 Å². The van der Waals surface area contributed by atoms with Crippen LogP contribution in [0.15, 0.2) is 48.3 Å². The van der Waals surface area contributed by atoms with Gasteiger partial charge < -0.3 is 19.5 Å². The Kier molecular flexibility index (Phi) is 5.87. The number of carbonyl (C=O) groups is 2. The van der Waals surface area contributed by atoms with Gasteiger partial charge in [0.15, 0.2) is 11.5 Å². The zero-order valence-electron chi connectivity index (χ0n) is 18.7. The van der Waals surface area contributed by atoms with Crippen LogP contribution in [0.3, 0.4) is 0 Å². The first-order valence-electron chi connectivity index (χ1n) is 10.3. The summed E-state index contributed by atoms with van der Waals surface area (Å²) in [6, 6.07) is 7.87. The van der Waals surface area contributed by atoms with Crippen LogP contribution in [0.4, 0.5) is 0 Å². The van der Waals surface area contributed by atoms with Crippen molar-refractivity contribution in [3.05, 3.63) is 76.4 Å². The SMILES string of the molecule is COc1cccc([C@H]2C(=C(O)c3c(C)n[nH]c3C)C(=O)C(=O)N2Cc2cccnc2)c1OC. The second kappa shape index (κ2) is 8.78. The van der Waals surface area contributed by atoms with Gasteiger partial charge >= 0.3 is 0 Å². The second-order valence-corrected chi connectivity index (χ2v) is 7.68. The first-order chi connectivity index (χ1) is 15.9. The van der Waals surface area contributed by atoms with Gasteiger partial charge in [0.2, 0.25) is 0 Å². The molecule has 4 rings (SSSR count). The van der Waals surface area contributed by atoms with E-state index >= 15 is 0 Å². The number of aryl methyl sites for hydroxylation is 2. The molecule has 3 aromatic rings. The van der Waals surface area contributed by atoms with Crippen molar-refractivity contribution >= 4 is 17.4 Å². The van der Waals surface area contributed by atoms with E-state index < -0.39 is 17.7 Å². The van der Waals surface area contributed by atoms with Crippen molar-refractivity contribution in [3.63, 3.8) is 0 Å². The molecule has 1 fully saturated rings. The topological polar surface area (TPSA) is 118 Å². The minimum absolute atomic E-state index is 0.0388. The molecular formula is C24H24N4O5. The second-order valence-electron chi connectivity index (χ2n) is 7.68. The highest BCUT2D eigenvalue weighted by Crippen LogP contribution is 2.46. The number of nitrogens with zero attached hydrogens (tertiary/aromatic N) is 3. The fourth-order valence-electron chi connectivity index (χ4n) is 4.22. The molecule has 33 heavy (non-hydrogen) atoms. The molecule has 1 saturated heterocycles. The number of amides is 1. The Morgan fingerprint density at radius 3 is 2.55 bits per heavy atom. The highest BCUT2D eigenvalue weighted by atomic mass is 16.5. The lowest BCUT2D eigenvalue weighted by Crippen LogP contribution is -2.29. The highest BCUT2D eigenvalue weighted by Gasteiger charge is 2.47. The molecule has 0 spiro atoms. The molecule has 9 heteroatoms. The van der Waals surface area contributed by atoms with Crippen molar-refractivity contribution < 1.29 is 24.2 Å². The Hall–Kier alpha value is -4.14. The third-order valence-corrected chi connectivity index (χ3v) is 5.71. The van der Waals surface area contributed by atoms with Gasteiger partial charge in [-0.05, 0) is 31.5 Å². The summed E-state index contributed by atoms with van der Waals surface area (Å²) < 4.78 is 11.0. The summed E-state index contributed by atoms with van der Waals surface area (Å²) in [5, 5.41) is 18.2. The van der Waals surface area contributed by atoms with Crippen LogP contribution in [-0.2, 0) is 16.1 Å². The van der Waals surface area contributed by atoms with Crippen molar-refractivity contribution in [2.24, 2.45) is 0 Å². The average Bonchev–Trinajstić information content (AvgIpc) is 3.29. The molecule has 1 amide bonds. The maximum absolute atomic E-state index is 13.3. The summed E-state index contributed by atoms with van der Waals surface area (Å²) in [6.45, 7) is 3.57. The number of hydrogen-bond acceptors (Lipinski definition) is 7. The number of aromatic amines is 1. The molecule has 1 aromatic carbocycles. The average molecular weight is 448 g/mol. The van der Waals surface area contributed by atoms with E-state index in [4.69, 9.17) is 9.47 Å². The number of pyridine rings is 1. The molecule has 0 radical (unpaired) electrons. The van der Waals surface area contributed by atoms with Gasteiger partial charge in [-0.25, -0.2) is 0 Å². The minimum atomic E-state index is -0.913. The first kappa shape index (κ1) is 22.1. The number of aliphatic hydroxyl groups is 1. The number of rotatable bonds is 6. The van der Waals surface area contributed by atoms with Gasteiger partial charge in [0.1, 0.15) is 5.76 Å². The van der Waals surface area contributed by atoms with E-state index in [2.05, 4.69) is 15.2 Å². The predicted octanol–water partition coefficient (Wildman–Crippen LogP) is 3.06. The van der Waals surface area contributed by atoms with Crippen molar-refractivity contribution in [3.8, 4) is 11.5 Å². The molecule has 1 aliphatic heterocycles. The molecule has 9 nitrogen and oxygen atoms in total. The number of hydrogen-bond donors (Lipinski definition) is 2. The molecule has 0 saturated carbocycles. The molecule has 0 bridgehead atoms. The zero-order chi connectivity index (χ0) is 23.7. The Morgan fingerprint density at radius 2 is 1.94 bits per heavy atom. The summed E-state index contributed by atoms with van der Waals surface area (Å²) in [7, 11) is 2.99. The number of ether oxygens (including phenoxy) is 2. The van der Waals surface area contributed by atoms with Gasteiger partial charge in [-0.3, -0.25) is 19.7 Å². The lowest BCUT2D eigenvalue weighted by atomic mass is 9.93. The van der Waals surface area contributed by atoms with Crippen LogP contribution < -0.4 is 9.47 Å². The van der Waals surface area contributed by atoms with E-state index in [0.717, 1.165) is 5.56 Å². The van der Waals surface area contributed by atoms with Crippen LogP contribution in [0.1, 0.15) is 34.1 Å². The third kappa shape index (κ3) is 3.71. The number of aliphatic hydroxyl groups excluding tert-OH is 1. The van der Waals surface area contributed by atoms with Gasteiger partial charge in [-0.1, -0.05) is 18.2 Å². The summed E-state index contributed by atoms with van der Waals surface area (Å²) >= 11 is 0. The van der Waals surface area contributed by atoms with Crippen LogP contribution in [0.25, 0.3) is 5.76 Å². The van der Waals surface area contributed by atoms with E-state index in [1.807, 2.05) is 6.07 Å². The number of methoxy groups -OCH3 is 2. The molecule has 3 heterocycles. The van der Waals surface area contributed by atoms with Crippen molar-refractivity contribution in [1.29, 1.82) is 0 Å². The van der Waals surface area contributed by atoms with Gasteiger partial charge in [0.25, 0.3) is 11.7 Å². The molecular weight excluding hydrogens is 424 g/mol. The van der Waals surface area contributed by atoms with Crippen molar-refractivity contribution in [1.82, 2.24) is 20.1 Å². The molecule has 2 N–H and O–H groups in total. The van der Waals surface area contributed by atoms with E-state index in [9.17, 15) is 14.7 Å². The number of nitrogens with one attached hydrogen (secondary N) is 1. The number of benzene rings is 1. The van der Waals surface area contributed by atoms with Crippen LogP contribution >= 0.6 is 0 Å². The van der Waals surface area contributed by atoms with Gasteiger partial charge in [-0.2, -0.15) is 5.10 Å². The Balaban J connectivity index is 1.97. The molecule has 2 aromatic heterocycles. The highest BCUT2D eigenvalue weighted by molar-refractivity contribution is 6.46. The van der Waals surface area contributed by atoms with E-state index in [0.29, 0.717) is 34.0 Å². The number of ketones is 1. The Morgan fingerprint density at radius 1 is 1.15 bits per heavy atom. The molecule has 1 atom stereocenters. The normalized spacial score (nSPS) is 17.5. The van der Waals surface area contributed by atoms with Crippen molar-refractivity contribution in [2.75, 3.05) is 14.2 Å². The Bertz CT molecular complexity index is 1230. The minimum Gasteiger partial charge on any atom is -0.507 e. The number of carbonyl (C=O) groups excluding carboxylic acids is 2. The molecule has 170 valence electrons. The van der Waals surface area contributed by atoms with Crippen LogP contribution in [0, 0.1) is 13.8 Å².